The van der Waals surface area contributed by atoms with Gasteiger partial charge in [0.15, 0.2) is 0 Å². The van der Waals surface area contributed by atoms with Gasteiger partial charge in [0.2, 0.25) is 5.91 Å². The predicted octanol–water partition coefficient (Wildman–Crippen LogP) is 3.21. The summed E-state index contributed by atoms with van der Waals surface area (Å²) in [7, 11) is 0. The molecule has 27 heavy (non-hydrogen) atoms. The fraction of sp³-hybridized carbons (Fsp3) is 0.273. The second-order valence-corrected chi connectivity index (χ2v) is 6.57. The quantitative estimate of drug-likeness (QED) is 0.575. The first-order chi connectivity index (χ1) is 13.2. The summed E-state index contributed by atoms with van der Waals surface area (Å²) in [5.74, 6) is 0.0172. The SMILES string of the molecule is CC(=O)NCCCNCc1cn(Cc2ccccc2)nc1-c1ccccc1. The first-order valence-corrected chi connectivity index (χ1v) is 9.33. The summed E-state index contributed by atoms with van der Waals surface area (Å²) in [6, 6.07) is 20.6. The molecular formula is C22H26N4O. The van der Waals surface area contributed by atoms with E-state index < -0.39 is 0 Å². The molecule has 1 amide bonds. The number of nitrogens with one attached hydrogen (secondary N) is 2. The van der Waals surface area contributed by atoms with E-state index in [4.69, 9.17) is 5.10 Å². The molecule has 0 unspecified atom stereocenters. The average Bonchev–Trinajstić information content (AvgIpc) is 3.08. The molecular weight excluding hydrogens is 336 g/mol. The third kappa shape index (κ3) is 5.79. The van der Waals surface area contributed by atoms with Crippen LogP contribution in [0, 0.1) is 0 Å². The van der Waals surface area contributed by atoms with Crippen LogP contribution in [0.4, 0.5) is 0 Å². The average molecular weight is 362 g/mol. The molecule has 0 bridgehead atoms. The number of nitrogens with zero attached hydrogens (tertiary/aromatic N) is 2. The second kappa shape index (κ2) is 9.69. The van der Waals surface area contributed by atoms with Crippen LogP contribution in [-0.4, -0.2) is 28.8 Å². The van der Waals surface area contributed by atoms with E-state index in [1.807, 2.05) is 28.9 Å². The molecule has 0 spiro atoms. The van der Waals surface area contributed by atoms with Crippen LogP contribution in [-0.2, 0) is 17.9 Å². The normalized spacial score (nSPS) is 10.7. The van der Waals surface area contributed by atoms with Crippen molar-refractivity contribution in [1.82, 2.24) is 20.4 Å². The lowest BCUT2D eigenvalue weighted by atomic mass is 10.1. The minimum atomic E-state index is 0.0172. The summed E-state index contributed by atoms with van der Waals surface area (Å²) in [4.78, 5) is 10.9. The first-order valence-electron chi connectivity index (χ1n) is 9.33. The molecule has 0 fully saturated rings. The standard InChI is InChI=1S/C22H26N4O/c1-18(27)24-14-8-13-23-15-21-17-26(16-19-9-4-2-5-10-19)25-22(21)20-11-6-3-7-12-20/h2-7,9-12,17,23H,8,13-16H2,1H3,(H,24,27). The maximum Gasteiger partial charge on any atom is 0.216 e. The van der Waals surface area contributed by atoms with Crippen molar-refractivity contribution in [3.8, 4) is 11.3 Å². The zero-order chi connectivity index (χ0) is 18.9. The number of hydrogen-bond donors (Lipinski definition) is 2. The molecule has 5 heteroatoms. The minimum absolute atomic E-state index is 0.0172. The topological polar surface area (TPSA) is 59.0 Å². The summed E-state index contributed by atoms with van der Waals surface area (Å²) in [5, 5.41) is 11.1. The maximum atomic E-state index is 10.9. The monoisotopic (exact) mass is 362 g/mol. The van der Waals surface area contributed by atoms with Crippen molar-refractivity contribution >= 4 is 5.91 Å². The molecule has 0 radical (unpaired) electrons. The lowest BCUT2D eigenvalue weighted by molar-refractivity contribution is -0.118. The van der Waals surface area contributed by atoms with Gasteiger partial charge in [-0.2, -0.15) is 5.10 Å². The number of benzene rings is 2. The van der Waals surface area contributed by atoms with E-state index >= 15 is 0 Å². The van der Waals surface area contributed by atoms with Crippen LogP contribution < -0.4 is 10.6 Å². The summed E-state index contributed by atoms with van der Waals surface area (Å²) >= 11 is 0. The Morgan fingerprint density at radius 3 is 2.41 bits per heavy atom. The molecule has 3 aromatic rings. The summed E-state index contributed by atoms with van der Waals surface area (Å²) < 4.78 is 2.01. The van der Waals surface area contributed by atoms with E-state index in [0.717, 1.165) is 37.3 Å². The molecule has 0 aliphatic heterocycles. The van der Waals surface area contributed by atoms with E-state index in [1.54, 1.807) is 6.92 Å². The predicted molar refractivity (Wildman–Crippen MR) is 108 cm³/mol. The highest BCUT2D eigenvalue weighted by molar-refractivity contribution is 5.72. The van der Waals surface area contributed by atoms with Gasteiger partial charge >= 0.3 is 0 Å². The number of aromatic nitrogens is 2. The molecule has 5 nitrogen and oxygen atoms in total. The van der Waals surface area contributed by atoms with Crippen molar-refractivity contribution < 1.29 is 4.79 Å². The van der Waals surface area contributed by atoms with Crippen molar-refractivity contribution in [2.45, 2.75) is 26.4 Å². The van der Waals surface area contributed by atoms with Gasteiger partial charge in [0.05, 0.1) is 12.2 Å². The number of carbonyl (C=O) groups is 1. The molecule has 2 N–H and O–H groups in total. The number of hydrogen-bond acceptors (Lipinski definition) is 3. The van der Waals surface area contributed by atoms with E-state index in [9.17, 15) is 4.79 Å². The maximum absolute atomic E-state index is 10.9. The van der Waals surface area contributed by atoms with Gasteiger partial charge in [-0.25, -0.2) is 0 Å². The van der Waals surface area contributed by atoms with Gasteiger partial charge in [-0.1, -0.05) is 60.7 Å². The fourth-order valence-corrected chi connectivity index (χ4v) is 2.98. The van der Waals surface area contributed by atoms with Crippen molar-refractivity contribution in [1.29, 1.82) is 0 Å². The molecule has 3 rings (SSSR count). The Morgan fingerprint density at radius 1 is 1.00 bits per heavy atom. The zero-order valence-corrected chi connectivity index (χ0v) is 15.7. The van der Waals surface area contributed by atoms with Gasteiger partial charge in [0.1, 0.15) is 0 Å². The highest BCUT2D eigenvalue weighted by Gasteiger charge is 2.11. The Hall–Kier alpha value is -2.92. The van der Waals surface area contributed by atoms with Crippen molar-refractivity contribution in [3.63, 3.8) is 0 Å². The Balaban J connectivity index is 1.68. The lowest BCUT2D eigenvalue weighted by Crippen LogP contribution is -2.25. The fourth-order valence-electron chi connectivity index (χ4n) is 2.98. The summed E-state index contributed by atoms with van der Waals surface area (Å²) in [6.45, 7) is 4.59. The Labute approximate surface area is 160 Å². The van der Waals surface area contributed by atoms with Gasteiger partial charge in [-0.3, -0.25) is 9.48 Å². The van der Waals surface area contributed by atoms with Crippen molar-refractivity contribution in [3.05, 3.63) is 78.0 Å². The Morgan fingerprint density at radius 2 is 1.70 bits per heavy atom. The third-order valence-corrected chi connectivity index (χ3v) is 4.29. The van der Waals surface area contributed by atoms with Crippen LogP contribution in [0.3, 0.4) is 0 Å². The van der Waals surface area contributed by atoms with Crippen LogP contribution in [0.2, 0.25) is 0 Å². The molecule has 0 saturated carbocycles. The van der Waals surface area contributed by atoms with Gasteiger partial charge in [-0.05, 0) is 18.5 Å². The molecule has 0 atom stereocenters. The molecule has 0 aliphatic carbocycles. The van der Waals surface area contributed by atoms with Gasteiger partial charge in [0, 0.05) is 37.3 Å². The molecule has 2 aromatic carbocycles. The number of carbonyl (C=O) groups excluding carboxylic acids is 1. The Kier molecular flexibility index (Phi) is 6.77. The van der Waals surface area contributed by atoms with Crippen LogP contribution in [0.5, 0.6) is 0 Å². The van der Waals surface area contributed by atoms with Crippen LogP contribution in [0.15, 0.2) is 66.9 Å². The van der Waals surface area contributed by atoms with Gasteiger partial charge in [0.25, 0.3) is 0 Å². The minimum Gasteiger partial charge on any atom is -0.356 e. The Bertz CT molecular complexity index is 843. The van der Waals surface area contributed by atoms with Crippen molar-refractivity contribution in [2.75, 3.05) is 13.1 Å². The summed E-state index contributed by atoms with van der Waals surface area (Å²) in [6.07, 6.45) is 3.02. The highest BCUT2D eigenvalue weighted by atomic mass is 16.1. The number of rotatable bonds is 9. The number of amides is 1. The van der Waals surface area contributed by atoms with Crippen LogP contribution in [0.1, 0.15) is 24.5 Å². The highest BCUT2D eigenvalue weighted by Crippen LogP contribution is 2.22. The zero-order valence-electron chi connectivity index (χ0n) is 15.7. The van der Waals surface area contributed by atoms with Crippen molar-refractivity contribution in [2.24, 2.45) is 0 Å². The van der Waals surface area contributed by atoms with E-state index in [1.165, 1.54) is 11.1 Å². The smallest absolute Gasteiger partial charge is 0.216 e. The van der Waals surface area contributed by atoms with Crippen LogP contribution >= 0.6 is 0 Å². The van der Waals surface area contributed by atoms with Gasteiger partial charge in [-0.15, -0.1) is 0 Å². The molecule has 1 aromatic heterocycles. The van der Waals surface area contributed by atoms with Crippen LogP contribution in [0.25, 0.3) is 11.3 Å². The van der Waals surface area contributed by atoms with E-state index in [0.29, 0.717) is 6.54 Å². The van der Waals surface area contributed by atoms with E-state index in [-0.39, 0.29) is 5.91 Å². The van der Waals surface area contributed by atoms with E-state index in [2.05, 4.69) is 53.2 Å². The second-order valence-electron chi connectivity index (χ2n) is 6.57. The molecule has 0 saturated heterocycles. The largest absolute Gasteiger partial charge is 0.356 e. The lowest BCUT2D eigenvalue weighted by Gasteiger charge is -2.06. The molecule has 0 aliphatic rings. The third-order valence-electron chi connectivity index (χ3n) is 4.29. The summed E-state index contributed by atoms with van der Waals surface area (Å²) in [5.41, 5.74) is 4.55. The molecule has 1 heterocycles. The van der Waals surface area contributed by atoms with Gasteiger partial charge < -0.3 is 10.6 Å². The first kappa shape index (κ1) is 18.9. The molecule has 140 valence electrons.